The lowest BCUT2D eigenvalue weighted by atomic mass is 10.1. The van der Waals surface area contributed by atoms with Gasteiger partial charge in [-0.3, -0.25) is 4.79 Å². The minimum absolute atomic E-state index is 0.0525. The number of aryl methyl sites for hydroxylation is 1. The molecule has 3 rings (SSSR count). The molecule has 0 saturated carbocycles. The van der Waals surface area contributed by atoms with Gasteiger partial charge in [0.2, 0.25) is 0 Å². The summed E-state index contributed by atoms with van der Waals surface area (Å²) in [6.07, 6.45) is 3.31. The van der Waals surface area contributed by atoms with Crippen molar-refractivity contribution in [2.75, 3.05) is 0 Å². The van der Waals surface area contributed by atoms with Crippen LogP contribution >= 0.6 is 23.2 Å². The summed E-state index contributed by atoms with van der Waals surface area (Å²) in [7, 11) is 0. The minimum Gasteiger partial charge on any atom is -0.348 e. The highest BCUT2D eigenvalue weighted by molar-refractivity contribution is 6.35. The molecule has 1 amide bonds. The van der Waals surface area contributed by atoms with Crippen LogP contribution < -0.4 is 5.32 Å². The zero-order valence-corrected chi connectivity index (χ0v) is 16.8. The molecule has 1 aromatic heterocycles. The summed E-state index contributed by atoms with van der Waals surface area (Å²) < 4.78 is 1.62. The van der Waals surface area contributed by atoms with E-state index in [1.165, 1.54) is 5.56 Å². The molecule has 0 spiro atoms. The minimum atomic E-state index is -0.312. The van der Waals surface area contributed by atoms with Gasteiger partial charge in [0, 0.05) is 17.3 Å². The monoisotopic (exact) mass is 411 g/mol. The summed E-state index contributed by atoms with van der Waals surface area (Å²) in [6, 6.07) is 18.8. The maximum Gasteiger partial charge on any atom is 0.269 e. The first kappa shape index (κ1) is 20.0. The molecule has 1 atom stereocenters. The molecule has 1 N–H and O–H groups in total. The number of nitrogens with one attached hydrogen (secondary N) is 1. The number of carbonyl (C=O) groups is 1. The number of benzene rings is 2. The standard InChI is InChI=1S/C22H19Cl2N3O/c1-15(7-8-16-5-3-2-4-6-16)26-22(28)21-17(14-25)11-12-27(21)20-10-9-18(23)13-19(20)24/h2-6,9-13,15H,7-8H2,1H3,(H,26,28). The second-order valence-corrected chi connectivity index (χ2v) is 7.40. The number of amides is 1. The van der Waals surface area contributed by atoms with Crippen molar-refractivity contribution in [3.05, 3.63) is 87.7 Å². The van der Waals surface area contributed by atoms with Gasteiger partial charge >= 0.3 is 0 Å². The first-order valence-corrected chi connectivity index (χ1v) is 9.67. The second kappa shape index (κ2) is 8.97. The Morgan fingerprint density at radius 2 is 1.93 bits per heavy atom. The van der Waals surface area contributed by atoms with Crippen LogP contribution in [0.1, 0.15) is 35.0 Å². The van der Waals surface area contributed by atoms with Crippen LogP contribution in [0.3, 0.4) is 0 Å². The summed E-state index contributed by atoms with van der Waals surface area (Å²) in [5, 5.41) is 13.3. The Hall–Kier alpha value is -2.74. The van der Waals surface area contributed by atoms with Gasteiger partial charge in [0.15, 0.2) is 0 Å². The molecule has 4 nitrogen and oxygen atoms in total. The third-order valence-corrected chi connectivity index (χ3v) is 5.02. The van der Waals surface area contributed by atoms with E-state index in [0.29, 0.717) is 21.3 Å². The molecule has 6 heteroatoms. The number of hydrogen-bond acceptors (Lipinski definition) is 2. The highest BCUT2D eigenvalue weighted by Gasteiger charge is 2.21. The Morgan fingerprint density at radius 3 is 2.61 bits per heavy atom. The van der Waals surface area contributed by atoms with Gasteiger partial charge in [-0.05, 0) is 49.6 Å². The molecule has 0 bridgehead atoms. The summed E-state index contributed by atoms with van der Waals surface area (Å²) in [5.41, 5.74) is 2.37. The molecular formula is C22H19Cl2N3O. The molecule has 0 fully saturated rings. The highest BCUT2D eigenvalue weighted by Crippen LogP contribution is 2.27. The Labute approximate surface area is 174 Å². The third-order valence-electron chi connectivity index (χ3n) is 4.48. The van der Waals surface area contributed by atoms with E-state index in [0.717, 1.165) is 12.8 Å². The van der Waals surface area contributed by atoms with Crippen molar-refractivity contribution in [3.8, 4) is 11.8 Å². The van der Waals surface area contributed by atoms with Crippen molar-refractivity contribution in [2.24, 2.45) is 0 Å². The molecule has 0 saturated heterocycles. The predicted molar refractivity (Wildman–Crippen MR) is 112 cm³/mol. The number of carbonyl (C=O) groups excluding carboxylic acids is 1. The van der Waals surface area contributed by atoms with Gasteiger partial charge in [-0.2, -0.15) is 5.26 Å². The van der Waals surface area contributed by atoms with Gasteiger partial charge in [-0.25, -0.2) is 0 Å². The lowest BCUT2D eigenvalue weighted by Crippen LogP contribution is -2.34. The molecule has 0 aliphatic carbocycles. The molecular weight excluding hydrogens is 393 g/mol. The predicted octanol–water partition coefficient (Wildman–Crippen LogP) is 5.41. The number of nitrogens with zero attached hydrogens (tertiary/aromatic N) is 2. The summed E-state index contributed by atoms with van der Waals surface area (Å²) in [5.74, 6) is -0.312. The Bertz CT molecular complexity index is 1020. The van der Waals surface area contributed by atoms with Crippen LogP contribution in [-0.2, 0) is 6.42 Å². The summed E-state index contributed by atoms with van der Waals surface area (Å²) in [6.45, 7) is 1.95. The molecule has 0 aliphatic heterocycles. The lowest BCUT2D eigenvalue weighted by Gasteiger charge is -2.16. The largest absolute Gasteiger partial charge is 0.348 e. The van der Waals surface area contributed by atoms with Crippen LogP contribution in [-0.4, -0.2) is 16.5 Å². The van der Waals surface area contributed by atoms with Crippen LogP contribution in [0.25, 0.3) is 5.69 Å². The first-order chi connectivity index (χ1) is 13.5. The van der Waals surface area contributed by atoms with E-state index in [1.807, 2.05) is 25.1 Å². The number of nitriles is 1. The van der Waals surface area contributed by atoms with Crippen molar-refractivity contribution >= 4 is 29.1 Å². The van der Waals surface area contributed by atoms with E-state index in [2.05, 4.69) is 23.5 Å². The molecule has 1 heterocycles. The SMILES string of the molecule is CC(CCc1ccccc1)NC(=O)c1c(C#N)ccn1-c1ccc(Cl)cc1Cl. The smallest absolute Gasteiger partial charge is 0.269 e. The van der Waals surface area contributed by atoms with Crippen LogP contribution in [0.5, 0.6) is 0 Å². The summed E-state index contributed by atoms with van der Waals surface area (Å²) >= 11 is 12.3. The van der Waals surface area contributed by atoms with E-state index >= 15 is 0 Å². The summed E-state index contributed by atoms with van der Waals surface area (Å²) in [4.78, 5) is 12.9. The number of rotatable bonds is 6. The molecule has 142 valence electrons. The van der Waals surface area contributed by atoms with Crippen LogP contribution in [0.15, 0.2) is 60.8 Å². The third kappa shape index (κ3) is 4.56. The van der Waals surface area contributed by atoms with E-state index < -0.39 is 0 Å². The zero-order valence-electron chi connectivity index (χ0n) is 15.3. The van der Waals surface area contributed by atoms with E-state index in [1.54, 1.807) is 35.0 Å². The van der Waals surface area contributed by atoms with Crippen molar-refractivity contribution < 1.29 is 4.79 Å². The maximum atomic E-state index is 12.9. The van der Waals surface area contributed by atoms with Crippen molar-refractivity contribution in [1.82, 2.24) is 9.88 Å². The van der Waals surface area contributed by atoms with Crippen LogP contribution in [0, 0.1) is 11.3 Å². The molecule has 28 heavy (non-hydrogen) atoms. The van der Waals surface area contributed by atoms with Crippen molar-refractivity contribution in [1.29, 1.82) is 5.26 Å². The van der Waals surface area contributed by atoms with Crippen LogP contribution in [0.4, 0.5) is 0 Å². The normalized spacial score (nSPS) is 11.6. The Kier molecular flexibility index (Phi) is 6.41. The topological polar surface area (TPSA) is 57.8 Å². The van der Waals surface area contributed by atoms with E-state index in [4.69, 9.17) is 23.2 Å². The highest BCUT2D eigenvalue weighted by atomic mass is 35.5. The van der Waals surface area contributed by atoms with Crippen LogP contribution in [0.2, 0.25) is 10.0 Å². The molecule has 0 radical (unpaired) electrons. The van der Waals surface area contributed by atoms with Crippen molar-refractivity contribution in [3.63, 3.8) is 0 Å². The molecule has 2 aromatic carbocycles. The fourth-order valence-corrected chi connectivity index (χ4v) is 3.52. The van der Waals surface area contributed by atoms with Gasteiger partial charge in [0.05, 0.1) is 16.3 Å². The number of hydrogen-bond donors (Lipinski definition) is 1. The molecule has 3 aromatic rings. The van der Waals surface area contributed by atoms with Gasteiger partial charge in [-0.1, -0.05) is 53.5 Å². The fourth-order valence-electron chi connectivity index (χ4n) is 3.02. The van der Waals surface area contributed by atoms with Gasteiger partial charge in [0.1, 0.15) is 11.8 Å². The second-order valence-electron chi connectivity index (χ2n) is 6.55. The van der Waals surface area contributed by atoms with Gasteiger partial charge in [0.25, 0.3) is 5.91 Å². The Morgan fingerprint density at radius 1 is 1.18 bits per heavy atom. The maximum absolute atomic E-state index is 12.9. The fraction of sp³-hybridized carbons (Fsp3) is 0.182. The lowest BCUT2D eigenvalue weighted by molar-refractivity contribution is 0.0931. The van der Waals surface area contributed by atoms with Crippen molar-refractivity contribution in [2.45, 2.75) is 25.8 Å². The first-order valence-electron chi connectivity index (χ1n) is 8.91. The average Bonchev–Trinajstić information content (AvgIpc) is 3.11. The van der Waals surface area contributed by atoms with Gasteiger partial charge < -0.3 is 9.88 Å². The quantitative estimate of drug-likeness (QED) is 0.589. The number of aromatic nitrogens is 1. The zero-order chi connectivity index (χ0) is 20.1. The van der Waals surface area contributed by atoms with E-state index in [-0.39, 0.29) is 17.6 Å². The number of halogens is 2. The Balaban J connectivity index is 1.79. The molecule has 1 unspecified atom stereocenters. The van der Waals surface area contributed by atoms with E-state index in [9.17, 15) is 10.1 Å². The van der Waals surface area contributed by atoms with Gasteiger partial charge in [-0.15, -0.1) is 0 Å². The molecule has 0 aliphatic rings. The average molecular weight is 412 g/mol.